The molecule has 0 aliphatic heterocycles. The van der Waals surface area contributed by atoms with E-state index in [4.69, 9.17) is 9.47 Å². The number of hydrogen-bond acceptors (Lipinski definition) is 5. The highest BCUT2D eigenvalue weighted by Crippen LogP contribution is 2.11. The lowest BCUT2D eigenvalue weighted by molar-refractivity contribution is -0.152. The van der Waals surface area contributed by atoms with Gasteiger partial charge in [0, 0.05) is 11.1 Å². The molecule has 0 spiro atoms. The fourth-order valence-electron chi connectivity index (χ4n) is 3.31. The number of carbonyl (C=O) groups excluding carboxylic acids is 2. The quantitative estimate of drug-likeness (QED) is 0.0797. The molecule has 0 radical (unpaired) electrons. The van der Waals surface area contributed by atoms with E-state index in [1.54, 1.807) is 26.0 Å². The predicted molar refractivity (Wildman–Crippen MR) is 129 cm³/mol. The van der Waals surface area contributed by atoms with Crippen LogP contribution in [0.15, 0.2) is 23.3 Å². The Morgan fingerprint density at radius 3 is 1.68 bits per heavy atom. The van der Waals surface area contributed by atoms with E-state index in [1.807, 2.05) is 20.8 Å². The zero-order chi connectivity index (χ0) is 23.5. The Balaban J connectivity index is 4.08. The van der Waals surface area contributed by atoms with Crippen molar-refractivity contribution in [2.75, 3.05) is 19.7 Å². The van der Waals surface area contributed by atoms with Crippen LogP contribution < -0.4 is 0 Å². The van der Waals surface area contributed by atoms with Crippen molar-refractivity contribution in [3.8, 4) is 0 Å². The Morgan fingerprint density at radius 2 is 1.19 bits per heavy atom. The topological polar surface area (TPSA) is 55.8 Å². The number of carbonyl (C=O) groups is 2. The van der Waals surface area contributed by atoms with Gasteiger partial charge in [-0.15, -0.1) is 0 Å². The van der Waals surface area contributed by atoms with Crippen LogP contribution in [0.5, 0.6) is 0 Å². The molecule has 0 heterocycles. The fourth-order valence-corrected chi connectivity index (χ4v) is 3.31. The van der Waals surface area contributed by atoms with Crippen molar-refractivity contribution in [1.82, 2.24) is 4.90 Å². The van der Waals surface area contributed by atoms with Crippen LogP contribution in [0.1, 0.15) is 106 Å². The van der Waals surface area contributed by atoms with E-state index < -0.39 is 0 Å². The van der Waals surface area contributed by atoms with Crippen molar-refractivity contribution in [2.24, 2.45) is 0 Å². The highest BCUT2D eigenvalue weighted by Gasteiger charge is 2.15. The lowest BCUT2D eigenvalue weighted by Crippen LogP contribution is -2.36. The van der Waals surface area contributed by atoms with Crippen molar-refractivity contribution in [3.63, 3.8) is 0 Å². The van der Waals surface area contributed by atoms with Crippen LogP contribution in [0.25, 0.3) is 0 Å². The molecule has 0 rings (SSSR count). The molecule has 1 atom stereocenters. The summed E-state index contributed by atoms with van der Waals surface area (Å²) in [6.45, 7) is 13.7. The molecule has 0 bridgehead atoms. The molecule has 0 N–H and O–H groups in total. The van der Waals surface area contributed by atoms with Gasteiger partial charge in [0.25, 0.3) is 0 Å². The maximum atomic E-state index is 12.2. The zero-order valence-electron chi connectivity index (χ0n) is 21.0. The van der Waals surface area contributed by atoms with E-state index in [1.165, 1.54) is 51.4 Å². The van der Waals surface area contributed by atoms with Gasteiger partial charge in [0.2, 0.25) is 0 Å². The minimum absolute atomic E-state index is 0.276. The minimum Gasteiger partial charge on any atom is -0.462 e. The summed E-state index contributed by atoms with van der Waals surface area (Å²) in [4.78, 5) is 26.3. The van der Waals surface area contributed by atoms with Gasteiger partial charge in [-0.3, -0.25) is 4.90 Å². The Bertz CT molecular complexity index is 550. The summed E-state index contributed by atoms with van der Waals surface area (Å²) >= 11 is 0. The van der Waals surface area contributed by atoms with Gasteiger partial charge in [-0.1, -0.05) is 90.7 Å². The molecule has 0 saturated heterocycles. The molecule has 180 valence electrons. The molecule has 0 aliphatic carbocycles. The van der Waals surface area contributed by atoms with Gasteiger partial charge in [-0.2, -0.15) is 0 Å². The second-order valence-electron chi connectivity index (χ2n) is 8.24. The first-order valence-corrected chi connectivity index (χ1v) is 12.3. The van der Waals surface area contributed by atoms with Crippen molar-refractivity contribution in [3.05, 3.63) is 23.3 Å². The van der Waals surface area contributed by atoms with Crippen LogP contribution in [0.3, 0.4) is 0 Å². The van der Waals surface area contributed by atoms with Gasteiger partial charge in [0.1, 0.15) is 0 Å². The summed E-state index contributed by atoms with van der Waals surface area (Å²) in [7, 11) is 0. The summed E-state index contributed by atoms with van der Waals surface area (Å²) in [5.74, 6) is -0.702. The van der Waals surface area contributed by atoms with E-state index in [-0.39, 0.29) is 18.2 Å². The van der Waals surface area contributed by atoms with Crippen molar-refractivity contribution in [1.29, 1.82) is 0 Å². The third-order valence-corrected chi connectivity index (χ3v) is 5.56. The van der Waals surface area contributed by atoms with Crippen LogP contribution in [0.4, 0.5) is 0 Å². The van der Waals surface area contributed by atoms with Crippen LogP contribution in [0.2, 0.25) is 0 Å². The lowest BCUT2D eigenvalue weighted by Gasteiger charge is -2.25. The average Bonchev–Trinajstić information content (AvgIpc) is 2.76. The van der Waals surface area contributed by atoms with Crippen LogP contribution >= 0.6 is 0 Å². The molecule has 0 fully saturated rings. The summed E-state index contributed by atoms with van der Waals surface area (Å²) in [6.07, 6.45) is 15.5. The molecular formula is C26H47NO4. The number of allylic oxidation sites excluding steroid dienone is 2. The normalized spacial score (nSPS) is 13.4. The average molecular weight is 438 g/mol. The first kappa shape index (κ1) is 29.4. The summed E-state index contributed by atoms with van der Waals surface area (Å²) in [5.41, 5.74) is 0.942. The number of unbranched alkanes of at least 4 members (excludes halogenated alkanes) is 9. The predicted octanol–water partition coefficient (Wildman–Crippen LogP) is 6.57. The van der Waals surface area contributed by atoms with E-state index in [0.717, 1.165) is 25.9 Å². The number of esters is 2. The molecule has 0 aliphatic rings. The van der Waals surface area contributed by atoms with Gasteiger partial charge in [-0.25, -0.2) is 9.59 Å². The smallest absolute Gasteiger partial charge is 0.335 e. The zero-order valence-corrected chi connectivity index (χ0v) is 21.0. The van der Waals surface area contributed by atoms with Crippen LogP contribution in [0, 0.1) is 0 Å². The van der Waals surface area contributed by atoms with Gasteiger partial charge in [0.15, 0.2) is 6.23 Å². The van der Waals surface area contributed by atoms with E-state index in [2.05, 4.69) is 11.8 Å². The number of ether oxygens (including phenoxy) is 2. The number of hydrogen-bond donors (Lipinski definition) is 0. The van der Waals surface area contributed by atoms with Crippen LogP contribution in [-0.2, 0) is 19.1 Å². The van der Waals surface area contributed by atoms with Gasteiger partial charge < -0.3 is 9.47 Å². The maximum absolute atomic E-state index is 12.2. The Labute approximate surface area is 191 Å². The fraction of sp³-hybridized carbons (Fsp3) is 0.769. The van der Waals surface area contributed by atoms with Gasteiger partial charge in [-0.05, 0) is 40.3 Å². The second kappa shape index (κ2) is 19.1. The van der Waals surface area contributed by atoms with Gasteiger partial charge >= 0.3 is 11.9 Å². The highest BCUT2D eigenvalue weighted by molar-refractivity contribution is 5.90. The molecule has 0 aromatic rings. The summed E-state index contributed by atoms with van der Waals surface area (Å²) in [6, 6.07) is 0. The SMILES string of the molecule is CCCCCCCCCCCCOC(=O)/C(C)=C/C=C(\C)C(=O)OC(C)N(CC)CC. The molecule has 1 unspecified atom stereocenters. The van der Waals surface area contributed by atoms with E-state index in [9.17, 15) is 9.59 Å². The molecule has 0 amide bonds. The third-order valence-electron chi connectivity index (χ3n) is 5.56. The van der Waals surface area contributed by atoms with Crippen LogP contribution in [-0.4, -0.2) is 42.8 Å². The first-order chi connectivity index (χ1) is 14.9. The van der Waals surface area contributed by atoms with Crippen molar-refractivity contribution < 1.29 is 19.1 Å². The van der Waals surface area contributed by atoms with Crippen molar-refractivity contribution in [2.45, 2.75) is 112 Å². The number of rotatable bonds is 18. The maximum Gasteiger partial charge on any atom is 0.335 e. The highest BCUT2D eigenvalue weighted by atomic mass is 16.6. The minimum atomic E-state index is -0.373. The summed E-state index contributed by atoms with van der Waals surface area (Å²) < 4.78 is 10.8. The Morgan fingerprint density at radius 1 is 0.742 bits per heavy atom. The third kappa shape index (κ3) is 14.9. The first-order valence-electron chi connectivity index (χ1n) is 12.3. The number of nitrogens with zero attached hydrogens (tertiary/aromatic N) is 1. The standard InChI is InChI=1S/C26H47NO4/c1-7-10-11-12-13-14-15-16-17-18-21-30-25(28)22(4)19-20-23(5)26(29)31-24(6)27(8-2)9-3/h19-20,24H,7-18,21H2,1-6H3/b22-19+,23-20+. The molecule has 5 heteroatoms. The molecule has 5 nitrogen and oxygen atoms in total. The Kier molecular flexibility index (Phi) is 18.1. The molecular weight excluding hydrogens is 390 g/mol. The Hall–Kier alpha value is -1.62. The molecule has 31 heavy (non-hydrogen) atoms. The molecule has 0 aromatic carbocycles. The van der Waals surface area contributed by atoms with Crippen molar-refractivity contribution >= 4 is 11.9 Å². The largest absolute Gasteiger partial charge is 0.462 e. The lowest BCUT2D eigenvalue weighted by atomic mass is 10.1. The van der Waals surface area contributed by atoms with Gasteiger partial charge in [0.05, 0.1) is 6.61 Å². The van der Waals surface area contributed by atoms with E-state index in [0.29, 0.717) is 17.8 Å². The molecule has 0 aromatic heterocycles. The summed E-state index contributed by atoms with van der Waals surface area (Å²) in [5, 5.41) is 0. The monoisotopic (exact) mass is 437 g/mol. The van der Waals surface area contributed by atoms with E-state index >= 15 is 0 Å². The second-order valence-corrected chi connectivity index (χ2v) is 8.24. The molecule has 0 saturated carbocycles.